The number of rotatable bonds is 5. The number of H-pyrrole nitrogens is 1. The number of benzene rings is 2. The van der Waals surface area contributed by atoms with Crippen molar-refractivity contribution in [3.8, 4) is 22.6 Å². The van der Waals surface area contributed by atoms with Crippen molar-refractivity contribution in [2.24, 2.45) is 5.73 Å². The van der Waals surface area contributed by atoms with E-state index in [4.69, 9.17) is 5.73 Å². The third-order valence-corrected chi connectivity index (χ3v) is 4.20. The number of carbonyl (C=O) groups is 1. The molecule has 116 valence electrons. The number of carbonyl (C=O) groups excluding carboxylic acids is 1. The van der Waals surface area contributed by atoms with Gasteiger partial charge in [0.25, 0.3) is 0 Å². The number of aromatic nitrogens is 2. The summed E-state index contributed by atoms with van der Waals surface area (Å²) in [4.78, 5) is 18.8. The number of primary amides is 1. The SMILES string of the molecule is NC(=O)CSc1nc(-c2ccc(F)cc2)[nH]c1-c1ccccc1. The molecule has 0 radical (unpaired) electrons. The van der Waals surface area contributed by atoms with Crippen molar-refractivity contribution in [2.45, 2.75) is 5.03 Å². The van der Waals surface area contributed by atoms with Crippen molar-refractivity contribution in [2.75, 3.05) is 5.75 Å². The molecule has 1 aromatic heterocycles. The third kappa shape index (κ3) is 3.60. The summed E-state index contributed by atoms with van der Waals surface area (Å²) in [6.07, 6.45) is 0. The Labute approximate surface area is 136 Å². The molecule has 0 fully saturated rings. The predicted molar refractivity (Wildman–Crippen MR) is 89.3 cm³/mol. The highest BCUT2D eigenvalue weighted by Crippen LogP contribution is 2.32. The van der Waals surface area contributed by atoms with Gasteiger partial charge in [-0.1, -0.05) is 42.1 Å². The van der Waals surface area contributed by atoms with Crippen molar-refractivity contribution in [1.29, 1.82) is 0 Å². The molecule has 4 nitrogen and oxygen atoms in total. The molecule has 0 atom stereocenters. The lowest BCUT2D eigenvalue weighted by Crippen LogP contribution is -2.13. The first-order chi connectivity index (χ1) is 11.1. The molecule has 2 aromatic carbocycles. The highest BCUT2D eigenvalue weighted by molar-refractivity contribution is 8.00. The van der Waals surface area contributed by atoms with Crippen LogP contribution in [0.1, 0.15) is 0 Å². The fourth-order valence-corrected chi connectivity index (χ4v) is 2.89. The number of hydrogen-bond acceptors (Lipinski definition) is 3. The van der Waals surface area contributed by atoms with Gasteiger partial charge in [0, 0.05) is 11.1 Å². The minimum Gasteiger partial charge on any atom is -0.369 e. The number of imidazole rings is 1. The molecule has 3 aromatic rings. The van der Waals surface area contributed by atoms with Crippen LogP contribution in [-0.4, -0.2) is 21.6 Å². The van der Waals surface area contributed by atoms with Crippen molar-refractivity contribution >= 4 is 17.7 Å². The number of aromatic amines is 1. The molecule has 1 amide bonds. The fourth-order valence-electron chi connectivity index (χ4n) is 2.15. The van der Waals surface area contributed by atoms with Crippen LogP contribution < -0.4 is 5.73 Å². The van der Waals surface area contributed by atoms with Gasteiger partial charge in [0.15, 0.2) is 0 Å². The summed E-state index contributed by atoms with van der Waals surface area (Å²) in [5, 5.41) is 0.689. The second-order valence-corrected chi connectivity index (χ2v) is 5.86. The van der Waals surface area contributed by atoms with Gasteiger partial charge in [-0.05, 0) is 24.3 Å². The van der Waals surface area contributed by atoms with E-state index in [1.54, 1.807) is 12.1 Å². The number of nitrogens with one attached hydrogen (secondary N) is 1. The minimum absolute atomic E-state index is 0.146. The standard InChI is InChI=1S/C17H14FN3OS/c18-13-8-6-12(7-9-13)16-20-15(11-4-2-1-3-5-11)17(21-16)23-10-14(19)22/h1-9H,10H2,(H2,19,22)(H,20,21). The lowest BCUT2D eigenvalue weighted by molar-refractivity contribution is -0.115. The maximum Gasteiger partial charge on any atom is 0.227 e. The van der Waals surface area contributed by atoms with Crippen molar-refractivity contribution in [3.63, 3.8) is 0 Å². The molecule has 0 aliphatic heterocycles. The normalized spacial score (nSPS) is 10.7. The Hall–Kier alpha value is -2.60. The van der Waals surface area contributed by atoms with E-state index in [1.165, 1.54) is 23.9 Å². The second-order valence-electron chi connectivity index (χ2n) is 4.89. The lowest BCUT2D eigenvalue weighted by atomic mass is 10.2. The molecule has 6 heteroatoms. The quantitative estimate of drug-likeness (QED) is 0.705. The Morgan fingerprint density at radius 1 is 1.09 bits per heavy atom. The van der Waals surface area contributed by atoms with Crippen LogP contribution in [0.3, 0.4) is 0 Å². The van der Waals surface area contributed by atoms with E-state index in [0.29, 0.717) is 10.9 Å². The topological polar surface area (TPSA) is 71.8 Å². The van der Waals surface area contributed by atoms with Crippen LogP contribution >= 0.6 is 11.8 Å². The second kappa shape index (κ2) is 6.66. The van der Waals surface area contributed by atoms with Crippen molar-refractivity contribution in [1.82, 2.24) is 9.97 Å². The molecule has 1 heterocycles. The fraction of sp³-hybridized carbons (Fsp3) is 0.0588. The van der Waals surface area contributed by atoms with E-state index in [0.717, 1.165) is 16.8 Å². The van der Waals surface area contributed by atoms with Gasteiger partial charge in [-0.2, -0.15) is 0 Å². The Morgan fingerprint density at radius 2 is 1.78 bits per heavy atom. The zero-order valence-corrected chi connectivity index (χ0v) is 12.9. The number of nitrogens with two attached hydrogens (primary N) is 1. The average Bonchev–Trinajstić information content (AvgIpc) is 2.98. The average molecular weight is 327 g/mol. The van der Waals surface area contributed by atoms with E-state index in [2.05, 4.69) is 9.97 Å². The van der Waals surface area contributed by atoms with Crippen molar-refractivity contribution in [3.05, 3.63) is 60.4 Å². The van der Waals surface area contributed by atoms with E-state index in [9.17, 15) is 9.18 Å². The summed E-state index contributed by atoms with van der Waals surface area (Å²) in [5.74, 6) is 0.0659. The van der Waals surface area contributed by atoms with Crippen LogP contribution in [0.5, 0.6) is 0 Å². The number of amides is 1. The highest BCUT2D eigenvalue weighted by Gasteiger charge is 2.14. The van der Waals surface area contributed by atoms with Gasteiger partial charge in [0.1, 0.15) is 16.7 Å². The van der Waals surface area contributed by atoms with Crippen LogP contribution in [0.2, 0.25) is 0 Å². The first-order valence-electron chi connectivity index (χ1n) is 6.96. The molecule has 0 saturated heterocycles. The van der Waals surface area contributed by atoms with Gasteiger partial charge in [-0.25, -0.2) is 9.37 Å². The summed E-state index contributed by atoms with van der Waals surface area (Å²) in [5.41, 5.74) is 7.77. The van der Waals surface area contributed by atoms with Gasteiger partial charge in [0.2, 0.25) is 5.91 Å². The summed E-state index contributed by atoms with van der Waals surface area (Å²) in [7, 11) is 0. The molecule has 0 spiro atoms. The maximum absolute atomic E-state index is 13.1. The molecule has 0 aliphatic carbocycles. The van der Waals surface area contributed by atoms with Gasteiger partial charge >= 0.3 is 0 Å². The Morgan fingerprint density at radius 3 is 2.43 bits per heavy atom. The molecule has 0 bridgehead atoms. The summed E-state index contributed by atoms with van der Waals surface area (Å²) < 4.78 is 13.1. The lowest BCUT2D eigenvalue weighted by Gasteiger charge is -2.01. The molecule has 3 rings (SSSR count). The Balaban J connectivity index is 2.02. The van der Waals surface area contributed by atoms with Gasteiger partial charge in [-0.15, -0.1) is 0 Å². The first-order valence-corrected chi connectivity index (χ1v) is 7.94. The summed E-state index contributed by atoms with van der Waals surface area (Å²) in [6.45, 7) is 0. The van der Waals surface area contributed by atoms with Gasteiger partial charge < -0.3 is 10.7 Å². The summed E-state index contributed by atoms with van der Waals surface area (Å²) in [6, 6.07) is 15.8. The first kappa shape index (κ1) is 15.3. The molecular weight excluding hydrogens is 313 g/mol. The third-order valence-electron chi connectivity index (χ3n) is 3.20. The van der Waals surface area contributed by atoms with Crippen LogP contribution in [0, 0.1) is 5.82 Å². The van der Waals surface area contributed by atoms with Crippen LogP contribution in [0.25, 0.3) is 22.6 Å². The number of halogens is 1. The largest absolute Gasteiger partial charge is 0.369 e. The number of nitrogens with zero attached hydrogens (tertiary/aromatic N) is 1. The Bertz CT molecular complexity index is 816. The van der Waals surface area contributed by atoms with Crippen LogP contribution in [-0.2, 0) is 4.79 Å². The number of hydrogen-bond donors (Lipinski definition) is 2. The van der Waals surface area contributed by atoms with E-state index >= 15 is 0 Å². The van der Waals surface area contributed by atoms with Crippen molar-refractivity contribution < 1.29 is 9.18 Å². The van der Waals surface area contributed by atoms with E-state index in [-0.39, 0.29) is 11.6 Å². The van der Waals surface area contributed by atoms with Gasteiger partial charge in [-0.3, -0.25) is 4.79 Å². The smallest absolute Gasteiger partial charge is 0.227 e. The zero-order chi connectivity index (χ0) is 16.2. The van der Waals surface area contributed by atoms with E-state index in [1.807, 2.05) is 30.3 Å². The molecule has 0 unspecified atom stereocenters. The van der Waals surface area contributed by atoms with Gasteiger partial charge in [0.05, 0.1) is 11.4 Å². The zero-order valence-electron chi connectivity index (χ0n) is 12.1. The molecule has 0 saturated carbocycles. The molecule has 3 N–H and O–H groups in total. The number of thioether (sulfide) groups is 1. The van der Waals surface area contributed by atoms with Crippen LogP contribution in [0.15, 0.2) is 59.6 Å². The monoisotopic (exact) mass is 327 g/mol. The summed E-state index contributed by atoms with van der Waals surface area (Å²) >= 11 is 1.28. The predicted octanol–water partition coefficient (Wildman–Crippen LogP) is 3.46. The highest BCUT2D eigenvalue weighted by atomic mass is 32.2. The molecular formula is C17H14FN3OS. The van der Waals surface area contributed by atoms with Crippen LogP contribution in [0.4, 0.5) is 4.39 Å². The maximum atomic E-state index is 13.1. The molecule has 23 heavy (non-hydrogen) atoms. The minimum atomic E-state index is -0.402. The molecule has 0 aliphatic rings. The Kier molecular flexibility index (Phi) is 4.43. The van der Waals surface area contributed by atoms with E-state index < -0.39 is 5.91 Å².